The average Bonchev–Trinajstić information content (AvgIpc) is 2.39. The molecule has 0 aliphatic carbocycles. The second-order valence-corrected chi connectivity index (χ2v) is 5.40. The van der Waals surface area contributed by atoms with Crippen LogP contribution in [0.5, 0.6) is 0 Å². The summed E-state index contributed by atoms with van der Waals surface area (Å²) in [6, 6.07) is 10.4. The number of fused-ring (bicyclic) bond motifs is 1. The van der Waals surface area contributed by atoms with Crippen LogP contribution in [0, 0.1) is 5.92 Å². The van der Waals surface area contributed by atoms with Crippen LogP contribution in [0.15, 0.2) is 36.5 Å². The monoisotopic (exact) mass is 257 g/mol. The van der Waals surface area contributed by atoms with Crippen LogP contribution in [0.4, 0.5) is 0 Å². The minimum atomic E-state index is 0.652. The molecule has 0 amide bonds. The highest BCUT2D eigenvalue weighted by Gasteiger charge is 2.09. The van der Waals surface area contributed by atoms with Crippen molar-refractivity contribution >= 4 is 10.9 Å². The minimum absolute atomic E-state index is 0.652. The van der Waals surface area contributed by atoms with E-state index in [0.29, 0.717) is 12.5 Å². The first-order valence-electron chi connectivity index (χ1n) is 6.95. The Balaban J connectivity index is 2.23. The van der Waals surface area contributed by atoms with Crippen molar-refractivity contribution in [2.75, 3.05) is 19.6 Å². The lowest BCUT2D eigenvalue weighted by Gasteiger charge is -2.24. The third-order valence-corrected chi connectivity index (χ3v) is 3.20. The lowest BCUT2D eigenvalue weighted by Crippen LogP contribution is -2.32. The molecule has 0 saturated heterocycles. The van der Waals surface area contributed by atoms with Crippen molar-refractivity contribution in [2.24, 2.45) is 11.7 Å². The maximum Gasteiger partial charge on any atom is 0.0705 e. The van der Waals surface area contributed by atoms with Gasteiger partial charge in [0.05, 0.1) is 5.52 Å². The Labute approximate surface area is 115 Å². The molecule has 0 atom stereocenters. The summed E-state index contributed by atoms with van der Waals surface area (Å²) in [4.78, 5) is 6.84. The molecule has 19 heavy (non-hydrogen) atoms. The van der Waals surface area contributed by atoms with Crippen LogP contribution in [-0.4, -0.2) is 29.5 Å². The summed E-state index contributed by atoms with van der Waals surface area (Å²) in [7, 11) is 0. The molecule has 2 aromatic rings. The predicted molar refractivity (Wildman–Crippen MR) is 80.9 cm³/mol. The van der Waals surface area contributed by atoms with Crippen molar-refractivity contribution < 1.29 is 0 Å². The highest BCUT2D eigenvalue weighted by molar-refractivity contribution is 5.81. The second-order valence-electron chi connectivity index (χ2n) is 5.40. The molecule has 0 aliphatic rings. The summed E-state index contributed by atoms with van der Waals surface area (Å²) in [5.74, 6) is 0.652. The summed E-state index contributed by atoms with van der Waals surface area (Å²) in [5.41, 5.74) is 8.12. The maximum atomic E-state index is 5.72. The molecular formula is C16H23N3. The standard InChI is InChI=1S/C16H23N3/c1-13(2)11-19(10-8-17)12-14-7-9-18-16-6-4-3-5-15(14)16/h3-7,9,13H,8,10-12,17H2,1-2H3. The predicted octanol–water partition coefficient (Wildman–Crippen LogP) is 2.65. The lowest BCUT2D eigenvalue weighted by molar-refractivity contribution is 0.243. The Bertz CT molecular complexity index is 517. The van der Waals surface area contributed by atoms with Gasteiger partial charge in [-0.05, 0) is 23.6 Å². The topological polar surface area (TPSA) is 42.1 Å². The van der Waals surface area contributed by atoms with E-state index in [1.165, 1.54) is 10.9 Å². The van der Waals surface area contributed by atoms with Gasteiger partial charge < -0.3 is 5.73 Å². The first kappa shape index (κ1) is 14.0. The van der Waals surface area contributed by atoms with E-state index in [2.05, 4.69) is 48.0 Å². The summed E-state index contributed by atoms with van der Waals surface area (Å²) in [5, 5.41) is 1.25. The maximum absolute atomic E-state index is 5.72. The highest BCUT2D eigenvalue weighted by Crippen LogP contribution is 2.18. The van der Waals surface area contributed by atoms with E-state index >= 15 is 0 Å². The second kappa shape index (κ2) is 6.64. The third-order valence-electron chi connectivity index (χ3n) is 3.20. The molecule has 102 valence electrons. The number of benzene rings is 1. The molecule has 2 N–H and O–H groups in total. The molecule has 1 aromatic heterocycles. The van der Waals surface area contributed by atoms with E-state index in [-0.39, 0.29) is 0 Å². The van der Waals surface area contributed by atoms with Gasteiger partial charge in [0.15, 0.2) is 0 Å². The number of rotatable bonds is 6. The molecule has 0 saturated carbocycles. The van der Waals surface area contributed by atoms with Crippen LogP contribution in [-0.2, 0) is 6.54 Å². The molecule has 0 fully saturated rings. The van der Waals surface area contributed by atoms with Crippen molar-refractivity contribution in [1.29, 1.82) is 0 Å². The zero-order valence-electron chi connectivity index (χ0n) is 11.8. The molecule has 3 nitrogen and oxygen atoms in total. The zero-order chi connectivity index (χ0) is 13.7. The van der Waals surface area contributed by atoms with Gasteiger partial charge in [-0.1, -0.05) is 32.0 Å². The Morgan fingerprint density at radius 1 is 1.21 bits per heavy atom. The summed E-state index contributed by atoms with van der Waals surface area (Å²) in [6.45, 7) is 8.15. The van der Waals surface area contributed by atoms with E-state index in [9.17, 15) is 0 Å². The van der Waals surface area contributed by atoms with Crippen LogP contribution >= 0.6 is 0 Å². The summed E-state index contributed by atoms with van der Waals surface area (Å²) < 4.78 is 0. The molecule has 1 aromatic carbocycles. The van der Waals surface area contributed by atoms with Crippen LogP contribution in [0.1, 0.15) is 19.4 Å². The third kappa shape index (κ3) is 3.75. The Hall–Kier alpha value is -1.45. The fraction of sp³-hybridized carbons (Fsp3) is 0.438. The smallest absolute Gasteiger partial charge is 0.0705 e. The molecule has 2 rings (SSSR count). The van der Waals surface area contributed by atoms with E-state index in [0.717, 1.165) is 25.2 Å². The number of nitrogens with zero attached hydrogens (tertiary/aromatic N) is 2. The van der Waals surface area contributed by atoms with Crippen LogP contribution in [0.25, 0.3) is 10.9 Å². The van der Waals surface area contributed by atoms with Gasteiger partial charge in [-0.3, -0.25) is 9.88 Å². The molecule has 3 heteroatoms. The summed E-state index contributed by atoms with van der Waals surface area (Å²) in [6.07, 6.45) is 1.90. The van der Waals surface area contributed by atoms with Crippen LogP contribution < -0.4 is 5.73 Å². The average molecular weight is 257 g/mol. The quantitative estimate of drug-likeness (QED) is 0.865. The first-order valence-corrected chi connectivity index (χ1v) is 6.95. The first-order chi connectivity index (χ1) is 9.20. The van der Waals surface area contributed by atoms with Gasteiger partial charge >= 0.3 is 0 Å². The number of hydrogen-bond donors (Lipinski definition) is 1. The number of pyridine rings is 1. The lowest BCUT2D eigenvalue weighted by atomic mass is 10.1. The number of para-hydroxylation sites is 1. The summed E-state index contributed by atoms with van der Waals surface area (Å²) >= 11 is 0. The normalized spacial score (nSPS) is 11.6. The minimum Gasteiger partial charge on any atom is -0.329 e. The number of aromatic nitrogens is 1. The Morgan fingerprint density at radius 3 is 2.74 bits per heavy atom. The van der Waals surface area contributed by atoms with Gasteiger partial charge in [-0.2, -0.15) is 0 Å². The molecule has 0 radical (unpaired) electrons. The number of hydrogen-bond acceptors (Lipinski definition) is 3. The molecule has 1 heterocycles. The molecular weight excluding hydrogens is 234 g/mol. The fourth-order valence-electron chi connectivity index (χ4n) is 2.47. The molecule has 0 unspecified atom stereocenters. The van der Waals surface area contributed by atoms with Gasteiger partial charge in [-0.25, -0.2) is 0 Å². The Morgan fingerprint density at radius 2 is 2.00 bits per heavy atom. The SMILES string of the molecule is CC(C)CN(CCN)Cc1ccnc2ccccc12. The van der Waals surface area contributed by atoms with Crippen molar-refractivity contribution in [3.05, 3.63) is 42.1 Å². The molecule has 0 bridgehead atoms. The van der Waals surface area contributed by atoms with Gasteiger partial charge in [0.1, 0.15) is 0 Å². The zero-order valence-corrected chi connectivity index (χ0v) is 11.8. The van der Waals surface area contributed by atoms with Crippen molar-refractivity contribution in [2.45, 2.75) is 20.4 Å². The Kier molecular flexibility index (Phi) is 4.88. The largest absolute Gasteiger partial charge is 0.329 e. The van der Waals surface area contributed by atoms with Crippen LogP contribution in [0.3, 0.4) is 0 Å². The van der Waals surface area contributed by atoms with Crippen molar-refractivity contribution in [3.8, 4) is 0 Å². The van der Waals surface area contributed by atoms with E-state index in [1.807, 2.05) is 12.3 Å². The molecule has 0 spiro atoms. The van der Waals surface area contributed by atoms with Gasteiger partial charge in [0.2, 0.25) is 0 Å². The van der Waals surface area contributed by atoms with E-state index in [1.54, 1.807) is 0 Å². The van der Waals surface area contributed by atoms with E-state index < -0.39 is 0 Å². The van der Waals surface area contributed by atoms with Crippen LogP contribution in [0.2, 0.25) is 0 Å². The van der Waals surface area contributed by atoms with Gasteiger partial charge in [0.25, 0.3) is 0 Å². The van der Waals surface area contributed by atoms with Crippen molar-refractivity contribution in [3.63, 3.8) is 0 Å². The number of nitrogens with two attached hydrogens (primary N) is 1. The van der Waals surface area contributed by atoms with Gasteiger partial charge in [-0.15, -0.1) is 0 Å². The van der Waals surface area contributed by atoms with Gasteiger partial charge in [0, 0.05) is 37.8 Å². The highest BCUT2D eigenvalue weighted by atomic mass is 15.1. The van der Waals surface area contributed by atoms with E-state index in [4.69, 9.17) is 5.73 Å². The fourth-order valence-corrected chi connectivity index (χ4v) is 2.47. The van der Waals surface area contributed by atoms with Crippen molar-refractivity contribution in [1.82, 2.24) is 9.88 Å². The molecule has 0 aliphatic heterocycles.